The van der Waals surface area contributed by atoms with Crippen molar-refractivity contribution in [2.24, 2.45) is 46.3 Å². The van der Waals surface area contributed by atoms with Crippen LogP contribution in [-0.4, -0.2) is 45.9 Å². The van der Waals surface area contributed by atoms with E-state index in [1.54, 1.807) is 0 Å². The lowest BCUT2D eigenvalue weighted by atomic mass is 9.43. The molecule has 0 heterocycles. The molecule has 44 heavy (non-hydrogen) atoms. The molecule has 4 aliphatic rings. The van der Waals surface area contributed by atoms with Crippen LogP contribution in [0.4, 0.5) is 5.69 Å². The van der Waals surface area contributed by atoms with Crippen molar-refractivity contribution in [1.82, 2.24) is 0 Å². The maximum Gasteiger partial charge on any atom is 0.338 e. The van der Waals surface area contributed by atoms with E-state index in [-0.39, 0.29) is 59.5 Å². The van der Waals surface area contributed by atoms with Gasteiger partial charge in [-0.15, -0.1) is 0 Å². The lowest BCUT2D eigenvalue weighted by Gasteiger charge is -2.62. The van der Waals surface area contributed by atoms with Crippen LogP contribution in [0.15, 0.2) is 30.9 Å². The molecule has 10 atom stereocenters. The molecule has 5 rings (SSSR count). The van der Waals surface area contributed by atoms with E-state index in [1.165, 1.54) is 18.2 Å². The summed E-state index contributed by atoms with van der Waals surface area (Å²) in [7, 11) is 0. The number of hydrogen-bond donors (Lipinski definition) is 2. The molecule has 4 aliphatic carbocycles. The van der Waals surface area contributed by atoms with Crippen LogP contribution in [0.2, 0.25) is 0 Å². The minimum absolute atomic E-state index is 0.000232. The minimum atomic E-state index is -0.688. The van der Waals surface area contributed by atoms with Crippen LogP contribution in [0.1, 0.15) is 101 Å². The number of nitro benzene ring substituents is 1. The van der Waals surface area contributed by atoms with E-state index >= 15 is 0 Å². The third-order valence-corrected chi connectivity index (χ3v) is 12.5. The molecule has 9 nitrogen and oxygen atoms in total. The molecule has 0 bridgehead atoms. The average Bonchev–Trinajstić information content (AvgIpc) is 3.35. The number of ether oxygens (including phenoxy) is 2. The third-order valence-electron chi connectivity index (χ3n) is 12.5. The van der Waals surface area contributed by atoms with Gasteiger partial charge in [0.1, 0.15) is 13.2 Å². The van der Waals surface area contributed by atoms with Gasteiger partial charge >= 0.3 is 11.9 Å². The fourth-order valence-electron chi connectivity index (χ4n) is 10.2. The summed E-state index contributed by atoms with van der Waals surface area (Å²) in [4.78, 5) is 35.9. The summed E-state index contributed by atoms with van der Waals surface area (Å²) in [5, 5.41) is 33.5. The second-order valence-electron chi connectivity index (χ2n) is 14.6. The smallest absolute Gasteiger partial charge is 0.338 e. The molecular weight excluding hydrogens is 562 g/mol. The predicted octanol–water partition coefficient (Wildman–Crippen LogP) is 6.39. The van der Waals surface area contributed by atoms with Gasteiger partial charge in [0.25, 0.3) is 5.69 Å². The molecule has 4 fully saturated rings. The van der Waals surface area contributed by atoms with Crippen molar-refractivity contribution in [2.75, 3.05) is 6.61 Å². The highest BCUT2D eigenvalue weighted by atomic mass is 16.6. The topological polar surface area (TPSA) is 136 Å². The van der Waals surface area contributed by atoms with Gasteiger partial charge in [0.15, 0.2) is 0 Å². The van der Waals surface area contributed by atoms with E-state index < -0.39 is 16.9 Å². The van der Waals surface area contributed by atoms with Gasteiger partial charge < -0.3 is 19.7 Å². The summed E-state index contributed by atoms with van der Waals surface area (Å²) in [5.74, 6) is 1.35. The normalized spacial score (nSPS) is 36.7. The van der Waals surface area contributed by atoms with Gasteiger partial charge in [0, 0.05) is 12.5 Å². The second-order valence-corrected chi connectivity index (χ2v) is 14.6. The number of nitrogens with zero attached hydrogens (tertiary/aromatic N) is 1. The number of nitro groups is 1. The van der Waals surface area contributed by atoms with E-state index in [0.29, 0.717) is 41.9 Å². The lowest BCUT2D eigenvalue weighted by molar-refractivity contribution is -0.385. The molecule has 2 N–H and O–H groups in total. The van der Waals surface area contributed by atoms with Crippen molar-refractivity contribution in [3.05, 3.63) is 52.1 Å². The van der Waals surface area contributed by atoms with Crippen molar-refractivity contribution in [3.63, 3.8) is 0 Å². The first-order valence-corrected chi connectivity index (χ1v) is 16.5. The van der Waals surface area contributed by atoms with E-state index in [4.69, 9.17) is 9.47 Å². The Bertz CT molecular complexity index is 1270. The quantitative estimate of drug-likeness (QED) is 0.134. The SMILES string of the molecule is C=CCOC(=O)c1ccc(COC(=O)CC[C@H](C)C2CCC3C4C(O)C[C@@H]5C[C@H](O)CC[C@]5(C)C4CC[C@@]32C)c([N+](=O)[O-])c1. The van der Waals surface area contributed by atoms with Crippen LogP contribution < -0.4 is 0 Å². The van der Waals surface area contributed by atoms with Gasteiger partial charge in [-0.05, 0) is 116 Å². The van der Waals surface area contributed by atoms with E-state index in [2.05, 4.69) is 27.4 Å². The van der Waals surface area contributed by atoms with Gasteiger partial charge in [0.05, 0.1) is 28.3 Å². The summed E-state index contributed by atoms with van der Waals surface area (Å²) in [6.45, 7) is 10.3. The number of rotatable bonds is 10. The summed E-state index contributed by atoms with van der Waals surface area (Å²) in [6.07, 6.45) is 9.77. The van der Waals surface area contributed by atoms with Crippen LogP contribution in [-0.2, 0) is 20.9 Å². The van der Waals surface area contributed by atoms with Crippen molar-refractivity contribution < 1.29 is 34.2 Å². The number of esters is 2. The Balaban J connectivity index is 1.17. The number of benzene rings is 1. The first-order chi connectivity index (χ1) is 20.9. The lowest BCUT2D eigenvalue weighted by Crippen LogP contribution is -2.58. The summed E-state index contributed by atoms with van der Waals surface area (Å²) >= 11 is 0. The number of hydrogen-bond acceptors (Lipinski definition) is 8. The highest BCUT2D eigenvalue weighted by molar-refractivity contribution is 5.90. The Kier molecular flexibility index (Phi) is 9.57. The monoisotopic (exact) mass is 611 g/mol. The van der Waals surface area contributed by atoms with Gasteiger partial charge in [0.2, 0.25) is 0 Å². The molecule has 0 radical (unpaired) electrons. The zero-order valence-corrected chi connectivity index (χ0v) is 26.4. The average molecular weight is 612 g/mol. The zero-order chi connectivity index (χ0) is 31.8. The predicted molar refractivity (Wildman–Crippen MR) is 164 cm³/mol. The molecule has 4 saturated carbocycles. The number of aliphatic hydroxyl groups is 2. The molecule has 0 spiro atoms. The molecule has 0 amide bonds. The summed E-state index contributed by atoms with van der Waals surface area (Å²) < 4.78 is 10.4. The molecule has 1 aromatic rings. The molecule has 1 aromatic carbocycles. The first kappa shape index (κ1) is 32.6. The van der Waals surface area contributed by atoms with Crippen molar-refractivity contribution in [2.45, 2.75) is 104 Å². The molecule has 9 heteroatoms. The highest BCUT2D eigenvalue weighted by Crippen LogP contribution is 2.68. The fourth-order valence-corrected chi connectivity index (χ4v) is 10.2. The standard InChI is InChI=1S/C35H49NO8/c1-5-16-43-33(40)22-7-8-23(29(17-22)36(41)42)20-44-31(39)11-6-21(2)26-9-10-27-32-28(13-15-35(26,27)4)34(3)14-12-25(37)18-24(34)19-30(32)38/h5,7-8,17,21,24-28,30,32,37-38H,1,6,9-16,18-20H2,2-4H3/t21-,24-,25+,26?,27?,28?,30?,32?,34-,35+/m0/s1. The molecule has 5 unspecified atom stereocenters. The van der Waals surface area contributed by atoms with Crippen molar-refractivity contribution in [1.29, 1.82) is 0 Å². The van der Waals surface area contributed by atoms with E-state index in [0.717, 1.165) is 57.4 Å². The number of carbonyl (C=O) groups excluding carboxylic acids is 2. The van der Waals surface area contributed by atoms with Gasteiger partial charge in [-0.2, -0.15) is 0 Å². The van der Waals surface area contributed by atoms with Crippen LogP contribution in [0.25, 0.3) is 0 Å². The van der Waals surface area contributed by atoms with Gasteiger partial charge in [-0.1, -0.05) is 33.4 Å². The molecular formula is C35H49NO8. The Morgan fingerprint density at radius 3 is 2.55 bits per heavy atom. The Morgan fingerprint density at radius 1 is 1.09 bits per heavy atom. The second kappa shape index (κ2) is 12.9. The van der Waals surface area contributed by atoms with Crippen LogP contribution in [0.3, 0.4) is 0 Å². The Morgan fingerprint density at radius 2 is 1.82 bits per heavy atom. The van der Waals surface area contributed by atoms with Crippen LogP contribution >= 0.6 is 0 Å². The van der Waals surface area contributed by atoms with E-state index in [9.17, 15) is 29.9 Å². The third kappa shape index (κ3) is 6.06. The minimum Gasteiger partial charge on any atom is -0.461 e. The van der Waals surface area contributed by atoms with Crippen LogP contribution in [0.5, 0.6) is 0 Å². The molecule has 0 aromatic heterocycles. The number of carbonyl (C=O) groups is 2. The number of aliphatic hydroxyl groups excluding tert-OH is 2. The Labute approximate surface area is 260 Å². The van der Waals surface area contributed by atoms with Crippen LogP contribution in [0, 0.1) is 56.5 Å². The van der Waals surface area contributed by atoms with Crippen molar-refractivity contribution >= 4 is 17.6 Å². The summed E-state index contributed by atoms with van der Waals surface area (Å²) in [5.41, 5.74) is 0.287. The Hall–Kier alpha value is -2.78. The summed E-state index contributed by atoms with van der Waals surface area (Å²) in [6, 6.07) is 3.99. The highest BCUT2D eigenvalue weighted by Gasteiger charge is 2.62. The maximum absolute atomic E-state index is 12.8. The number of fused-ring (bicyclic) bond motifs is 5. The first-order valence-electron chi connectivity index (χ1n) is 16.5. The molecule has 0 aliphatic heterocycles. The fraction of sp³-hybridized carbons (Fsp3) is 0.714. The van der Waals surface area contributed by atoms with Gasteiger partial charge in [-0.3, -0.25) is 14.9 Å². The van der Waals surface area contributed by atoms with E-state index in [1.807, 2.05) is 0 Å². The van der Waals surface area contributed by atoms with Gasteiger partial charge in [-0.25, -0.2) is 4.79 Å². The maximum atomic E-state index is 12.8. The largest absolute Gasteiger partial charge is 0.461 e. The molecule has 0 saturated heterocycles. The zero-order valence-electron chi connectivity index (χ0n) is 26.4. The molecule has 242 valence electrons. The van der Waals surface area contributed by atoms with Crippen molar-refractivity contribution in [3.8, 4) is 0 Å².